The first-order chi connectivity index (χ1) is 18.5. The van der Waals surface area contributed by atoms with Crippen LogP contribution in [0, 0.1) is 12.8 Å². The van der Waals surface area contributed by atoms with Crippen LogP contribution in [0.4, 0.5) is 5.69 Å². The van der Waals surface area contributed by atoms with Crippen LogP contribution >= 0.6 is 11.6 Å². The zero-order chi connectivity index (χ0) is 28.6. The topological polar surface area (TPSA) is 86.8 Å². The molecule has 0 aliphatic heterocycles. The molecule has 2 amide bonds. The molecule has 0 saturated carbocycles. The van der Waals surface area contributed by atoms with Crippen molar-refractivity contribution in [3.05, 3.63) is 95.0 Å². The maximum absolute atomic E-state index is 14.0. The van der Waals surface area contributed by atoms with Crippen LogP contribution in [-0.2, 0) is 26.2 Å². The Bertz CT molecular complexity index is 1350. The first-order valence-corrected chi connectivity index (χ1v) is 14.8. The monoisotopic (exact) mass is 569 g/mol. The van der Waals surface area contributed by atoms with Crippen LogP contribution in [0.15, 0.2) is 83.8 Å². The van der Waals surface area contributed by atoms with Gasteiger partial charge in [-0.3, -0.25) is 13.9 Å². The average Bonchev–Trinajstić information content (AvgIpc) is 2.92. The Balaban J connectivity index is 2.01. The van der Waals surface area contributed by atoms with E-state index in [0.717, 1.165) is 15.4 Å². The third-order valence-electron chi connectivity index (χ3n) is 6.27. The minimum absolute atomic E-state index is 0.0794. The standard InChI is InChI=1S/C30H36ClN3O4S/c1-5-28(30(36)32-19-22(2)3)33(20-24-13-15-25(31)16-14-24)29(35)21-34(26-9-7-6-8-10-26)39(37,38)27-17-11-23(4)12-18-27/h6-18,22,28H,5,19-21H2,1-4H3,(H,32,36)/t28-/m1/s1. The van der Waals surface area contributed by atoms with Gasteiger partial charge < -0.3 is 10.2 Å². The largest absolute Gasteiger partial charge is 0.354 e. The molecule has 0 bridgehead atoms. The number of aryl methyl sites for hydroxylation is 1. The van der Waals surface area contributed by atoms with Crippen LogP contribution in [0.3, 0.4) is 0 Å². The molecule has 0 unspecified atom stereocenters. The molecule has 9 heteroatoms. The summed E-state index contributed by atoms with van der Waals surface area (Å²) in [6.45, 7) is 7.81. The highest BCUT2D eigenvalue weighted by atomic mass is 35.5. The highest BCUT2D eigenvalue weighted by molar-refractivity contribution is 7.92. The van der Waals surface area contributed by atoms with Gasteiger partial charge in [0.05, 0.1) is 10.6 Å². The lowest BCUT2D eigenvalue weighted by molar-refractivity contribution is -0.140. The molecule has 0 radical (unpaired) electrons. The second kappa shape index (κ2) is 13.6. The number of rotatable bonds is 12. The van der Waals surface area contributed by atoms with E-state index in [4.69, 9.17) is 11.6 Å². The van der Waals surface area contributed by atoms with E-state index in [1.165, 1.54) is 17.0 Å². The van der Waals surface area contributed by atoms with Crippen molar-refractivity contribution in [3.63, 3.8) is 0 Å². The maximum Gasteiger partial charge on any atom is 0.264 e. The molecule has 0 fully saturated rings. The molecule has 0 heterocycles. The molecule has 1 N–H and O–H groups in total. The van der Waals surface area contributed by atoms with Gasteiger partial charge in [-0.1, -0.05) is 80.4 Å². The number of sulfonamides is 1. The molecular formula is C30H36ClN3O4S. The molecule has 39 heavy (non-hydrogen) atoms. The third-order valence-corrected chi connectivity index (χ3v) is 8.31. The SMILES string of the molecule is CC[C@H](C(=O)NCC(C)C)N(Cc1ccc(Cl)cc1)C(=O)CN(c1ccccc1)S(=O)(=O)c1ccc(C)cc1. The lowest BCUT2D eigenvalue weighted by atomic mass is 10.1. The minimum Gasteiger partial charge on any atom is -0.354 e. The van der Waals surface area contributed by atoms with Gasteiger partial charge in [0.15, 0.2) is 0 Å². The number of hydrogen-bond acceptors (Lipinski definition) is 4. The van der Waals surface area contributed by atoms with Gasteiger partial charge in [-0.05, 0) is 61.2 Å². The number of carbonyl (C=O) groups excluding carboxylic acids is 2. The highest BCUT2D eigenvalue weighted by Crippen LogP contribution is 2.25. The maximum atomic E-state index is 14.0. The molecule has 0 spiro atoms. The molecule has 208 valence electrons. The molecule has 3 rings (SSSR count). The van der Waals surface area contributed by atoms with E-state index in [1.807, 2.05) is 27.7 Å². The zero-order valence-electron chi connectivity index (χ0n) is 22.8. The lowest BCUT2D eigenvalue weighted by Crippen LogP contribution is -2.52. The van der Waals surface area contributed by atoms with Crippen LogP contribution < -0.4 is 9.62 Å². The lowest BCUT2D eigenvalue weighted by Gasteiger charge is -2.33. The van der Waals surface area contributed by atoms with E-state index in [0.29, 0.717) is 23.7 Å². The van der Waals surface area contributed by atoms with E-state index in [-0.39, 0.29) is 23.3 Å². The summed E-state index contributed by atoms with van der Waals surface area (Å²) in [4.78, 5) is 28.7. The van der Waals surface area contributed by atoms with Gasteiger partial charge in [0.2, 0.25) is 11.8 Å². The van der Waals surface area contributed by atoms with Crippen molar-refractivity contribution >= 4 is 39.1 Å². The van der Waals surface area contributed by atoms with Crippen molar-refractivity contribution < 1.29 is 18.0 Å². The summed E-state index contributed by atoms with van der Waals surface area (Å²) in [6.07, 6.45) is 0.360. The number of anilines is 1. The van der Waals surface area contributed by atoms with Crippen molar-refractivity contribution in [2.45, 2.75) is 51.6 Å². The molecule has 3 aromatic carbocycles. The van der Waals surface area contributed by atoms with Crippen molar-refractivity contribution in [1.82, 2.24) is 10.2 Å². The van der Waals surface area contributed by atoms with E-state index in [9.17, 15) is 18.0 Å². The van der Waals surface area contributed by atoms with Crippen molar-refractivity contribution in [2.75, 3.05) is 17.4 Å². The molecule has 0 aliphatic rings. The summed E-state index contributed by atoms with van der Waals surface area (Å²) in [7, 11) is -4.08. The Morgan fingerprint density at radius 3 is 2.10 bits per heavy atom. The van der Waals surface area contributed by atoms with Gasteiger partial charge in [-0.15, -0.1) is 0 Å². The van der Waals surface area contributed by atoms with Crippen molar-refractivity contribution in [1.29, 1.82) is 0 Å². The fourth-order valence-electron chi connectivity index (χ4n) is 4.09. The zero-order valence-corrected chi connectivity index (χ0v) is 24.4. The predicted octanol–water partition coefficient (Wildman–Crippen LogP) is 5.42. The quantitative estimate of drug-likeness (QED) is 0.315. The number of nitrogens with one attached hydrogen (secondary N) is 1. The second-order valence-corrected chi connectivity index (χ2v) is 12.2. The van der Waals surface area contributed by atoms with E-state index < -0.39 is 28.5 Å². The average molecular weight is 570 g/mol. The molecule has 1 atom stereocenters. The fraction of sp³-hybridized carbons (Fsp3) is 0.333. The molecular weight excluding hydrogens is 534 g/mol. The number of benzene rings is 3. The van der Waals surface area contributed by atoms with Gasteiger partial charge in [0.1, 0.15) is 12.6 Å². The Kier molecular flexibility index (Phi) is 10.5. The number of amides is 2. The van der Waals surface area contributed by atoms with Crippen LogP contribution in [-0.4, -0.2) is 44.3 Å². The van der Waals surface area contributed by atoms with Crippen LogP contribution in [0.25, 0.3) is 0 Å². The number of hydrogen-bond donors (Lipinski definition) is 1. The van der Waals surface area contributed by atoms with E-state index >= 15 is 0 Å². The normalized spacial score (nSPS) is 12.2. The Morgan fingerprint density at radius 1 is 0.923 bits per heavy atom. The van der Waals surface area contributed by atoms with Crippen LogP contribution in [0.2, 0.25) is 5.02 Å². The number of halogens is 1. The Labute approximate surface area is 236 Å². The second-order valence-electron chi connectivity index (χ2n) is 9.87. The molecule has 0 aliphatic carbocycles. The summed E-state index contributed by atoms with van der Waals surface area (Å²) >= 11 is 6.06. The highest BCUT2D eigenvalue weighted by Gasteiger charge is 2.33. The first kappa shape index (κ1) is 30.2. The van der Waals surface area contributed by atoms with Crippen molar-refractivity contribution in [2.24, 2.45) is 5.92 Å². The Hall–Kier alpha value is -3.36. The van der Waals surface area contributed by atoms with Gasteiger partial charge in [0.25, 0.3) is 10.0 Å². The summed E-state index contributed by atoms with van der Waals surface area (Å²) in [5, 5.41) is 3.48. The third kappa shape index (κ3) is 8.07. The minimum atomic E-state index is -4.08. The predicted molar refractivity (Wildman–Crippen MR) is 156 cm³/mol. The van der Waals surface area contributed by atoms with Gasteiger partial charge in [-0.2, -0.15) is 0 Å². The summed E-state index contributed by atoms with van der Waals surface area (Å²) < 4.78 is 28.7. The summed E-state index contributed by atoms with van der Waals surface area (Å²) in [5.41, 5.74) is 2.05. The molecule has 0 aromatic heterocycles. The Morgan fingerprint density at radius 2 is 1.54 bits per heavy atom. The van der Waals surface area contributed by atoms with Crippen LogP contribution in [0.5, 0.6) is 0 Å². The number of para-hydroxylation sites is 1. The van der Waals surface area contributed by atoms with E-state index in [2.05, 4.69) is 5.32 Å². The number of carbonyl (C=O) groups is 2. The van der Waals surface area contributed by atoms with E-state index in [1.54, 1.807) is 66.7 Å². The van der Waals surface area contributed by atoms with Gasteiger partial charge >= 0.3 is 0 Å². The van der Waals surface area contributed by atoms with Crippen molar-refractivity contribution in [3.8, 4) is 0 Å². The molecule has 0 saturated heterocycles. The summed E-state index contributed by atoms with van der Waals surface area (Å²) in [6, 6.07) is 21.3. The number of nitrogens with zero attached hydrogens (tertiary/aromatic N) is 2. The summed E-state index contributed by atoms with van der Waals surface area (Å²) in [5.74, 6) is -0.530. The molecule has 3 aromatic rings. The van der Waals surface area contributed by atoms with Gasteiger partial charge in [0, 0.05) is 18.1 Å². The molecule has 7 nitrogen and oxygen atoms in total. The van der Waals surface area contributed by atoms with Gasteiger partial charge in [-0.25, -0.2) is 8.42 Å². The van der Waals surface area contributed by atoms with Crippen LogP contribution in [0.1, 0.15) is 38.3 Å². The first-order valence-electron chi connectivity index (χ1n) is 13.0. The smallest absolute Gasteiger partial charge is 0.264 e. The fourth-order valence-corrected chi connectivity index (χ4v) is 5.63.